The lowest BCUT2D eigenvalue weighted by molar-refractivity contribution is 0.0955. The number of anilines is 2. The Morgan fingerprint density at radius 3 is 2.36 bits per heavy atom. The van der Waals surface area contributed by atoms with Crippen molar-refractivity contribution in [2.24, 2.45) is 0 Å². The summed E-state index contributed by atoms with van der Waals surface area (Å²) < 4.78 is 0. The van der Waals surface area contributed by atoms with E-state index in [1.165, 1.54) is 6.20 Å². The van der Waals surface area contributed by atoms with E-state index in [2.05, 4.69) is 32.8 Å². The number of hydrogen-bond donors (Lipinski definition) is 4. The minimum Gasteiger partial charge on any atom is -0.382 e. The number of pyridine rings is 2. The van der Waals surface area contributed by atoms with Gasteiger partial charge in [0.2, 0.25) is 0 Å². The Morgan fingerprint density at radius 1 is 1.06 bits per heavy atom. The van der Waals surface area contributed by atoms with Crippen molar-refractivity contribution in [1.29, 1.82) is 0 Å². The molecule has 0 bridgehead atoms. The number of rotatable bonds is 10. The molecule has 0 unspecified atom stereocenters. The third-order valence-corrected chi connectivity index (χ3v) is 5.02. The van der Waals surface area contributed by atoms with Crippen LogP contribution in [0.1, 0.15) is 42.1 Å². The largest absolute Gasteiger partial charge is 0.382 e. The van der Waals surface area contributed by atoms with Crippen molar-refractivity contribution in [3.63, 3.8) is 0 Å². The fourth-order valence-corrected chi connectivity index (χ4v) is 3.05. The van der Waals surface area contributed by atoms with Gasteiger partial charge in [-0.2, -0.15) is 0 Å². The third-order valence-electron chi connectivity index (χ3n) is 4.80. The summed E-state index contributed by atoms with van der Waals surface area (Å²) in [5.41, 5.74) is 8.22. The Hall–Kier alpha value is -3.16. The molecule has 0 aliphatic heterocycles. The molecule has 0 radical (unpaired) electrons. The van der Waals surface area contributed by atoms with Crippen LogP contribution in [-0.2, 0) is 0 Å². The molecule has 3 rings (SSSR count). The second-order valence-corrected chi connectivity index (χ2v) is 7.86. The molecule has 1 aromatic carbocycles. The van der Waals surface area contributed by atoms with E-state index in [0.29, 0.717) is 34.7 Å². The summed E-state index contributed by atoms with van der Waals surface area (Å²) in [4.78, 5) is 20.1. The molecule has 0 saturated carbocycles. The molecule has 3 aromatic rings. The van der Waals surface area contributed by atoms with Crippen molar-refractivity contribution in [3.8, 4) is 0 Å². The maximum absolute atomic E-state index is 11.9. The number of nitrogen functional groups attached to an aromatic ring is 1. The van der Waals surface area contributed by atoms with Crippen LogP contribution in [0.3, 0.4) is 0 Å². The Bertz CT molecular complexity index is 926. The fourth-order valence-electron chi connectivity index (χ4n) is 2.94. The number of nitrogens with zero attached hydrogens (tertiary/aromatic N) is 2. The average Bonchev–Trinajstić information content (AvgIpc) is 2.84. The van der Waals surface area contributed by atoms with Crippen molar-refractivity contribution in [1.82, 2.24) is 20.6 Å². The molecule has 0 aliphatic carbocycles. The molecule has 5 N–H and O–H groups in total. The van der Waals surface area contributed by atoms with E-state index in [1.54, 1.807) is 6.07 Å². The smallest absolute Gasteiger partial charge is 0.252 e. The Labute approximate surface area is 201 Å². The van der Waals surface area contributed by atoms with E-state index in [0.717, 1.165) is 31.6 Å². The summed E-state index contributed by atoms with van der Waals surface area (Å²) >= 11 is 5.81. The average molecular weight is 469 g/mol. The third kappa shape index (κ3) is 9.89. The second kappa shape index (κ2) is 14.8. The van der Waals surface area contributed by atoms with Gasteiger partial charge in [0, 0.05) is 32.0 Å². The molecule has 1 atom stereocenters. The molecule has 0 spiro atoms. The first-order valence-electron chi connectivity index (χ1n) is 11.1. The predicted molar refractivity (Wildman–Crippen MR) is 137 cm³/mol. The first-order chi connectivity index (χ1) is 16.0. The molecule has 1 amide bonds. The molecule has 0 saturated heterocycles. The van der Waals surface area contributed by atoms with Gasteiger partial charge in [0.15, 0.2) is 0 Å². The van der Waals surface area contributed by atoms with Crippen molar-refractivity contribution < 1.29 is 4.79 Å². The van der Waals surface area contributed by atoms with Gasteiger partial charge in [-0.1, -0.05) is 61.0 Å². The lowest BCUT2D eigenvalue weighted by atomic mass is 10.0. The van der Waals surface area contributed by atoms with E-state index in [4.69, 9.17) is 17.3 Å². The zero-order valence-corrected chi connectivity index (χ0v) is 20.0. The molecule has 0 aliphatic rings. The minimum absolute atomic E-state index is 0.152. The van der Waals surface area contributed by atoms with Crippen molar-refractivity contribution >= 4 is 29.0 Å². The quantitative estimate of drug-likeness (QED) is 0.260. The van der Waals surface area contributed by atoms with Gasteiger partial charge in [-0.05, 0) is 43.5 Å². The van der Waals surface area contributed by atoms with E-state index in [1.807, 2.05) is 61.7 Å². The summed E-state index contributed by atoms with van der Waals surface area (Å²) in [6.07, 6.45) is 4.21. The molecule has 2 heterocycles. The van der Waals surface area contributed by atoms with Crippen LogP contribution < -0.4 is 21.7 Å². The lowest BCUT2D eigenvalue weighted by Crippen LogP contribution is -2.24. The number of amides is 1. The van der Waals surface area contributed by atoms with Crippen LogP contribution in [0.15, 0.2) is 67.0 Å². The van der Waals surface area contributed by atoms with Gasteiger partial charge in [-0.25, -0.2) is 9.97 Å². The predicted octanol–water partition coefficient (Wildman–Crippen LogP) is 4.34. The standard InChI is InChI=1S/C19H27ClN6O.C6H6/c1-3-23-19(27)15-9-16(18(21)26-12-15)24-8-4-7-22-10-13(2)14-5-6-17(20)25-11-14;1-2-4-6-5-3-1/h5-6,9,11-13,22,24H,3-4,7-8,10H2,1-2H3,(H2,21,26)(H,23,27);1-6H/t13-;/m1./s1. The van der Waals surface area contributed by atoms with E-state index >= 15 is 0 Å². The molecular formula is C25H33ClN6O. The zero-order chi connectivity index (χ0) is 23.9. The lowest BCUT2D eigenvalue weighted by Gasteiger charge is -2.14. The van der Waals surface area contributed by atoms with Gasteiger partial charge in [-0.15, -0.1) is 0 Å². The molecule has 176 valence electrons. The number of benzene rings is 1. The highest BCUT2D eigenvalue weighted by Crippen LogP contribution is 2.17. The number of hydrogen-bond acceptors (Lipinski definition) is 6. The summed E-state index contributed by atoms with van der Waals surface area (Å²) in [5.74, 6) is 0.594. The monoisotopic (exact) mass is 468 g/mol. The molecule has 33 heavy (non-hydrogen) atoms. The molecule has 7 nitrogen and oxygen atoms in total. The van der Waals surface area contributed by atoms with Crippen molar-refractivity contribution in [2.45, 2.75) is 26.2 Å². The maximum Gasteiger partial charge on any atom is 0.252 e. The van der Waals surface area contributed by atoms with Crippen LogP contribution in [0, 0.1) is 0 Å². The molecular weight excluding hydrogens is 436 g/mol. The highest BCUT2D eigenvalue weighted by Gasteiger charge is 2.09. The number of carbonyl (C=O) groups excluding carboxylic acids is 1. The topological polar surface area (TPSA) is 105 Å². The highest BCUT2D eigenvalue weighted by atomic mass is 35.5. The molecule has 8 heteroatoms. The van der Waals surface area contributed by atoms with E-state index in [-0.39, 0.29) is 5.91 Å². The Balaban J connectivity index is 0.000000554. The van der Waals surface area contributed by atoms with Crippen LogP contribution in [0.25, 0.3) is 0 Å². The van der Waals surface area contributed by atoms with Crippen molar-refractivity contribution in [2.75, 3.05) is 37.2 Å². The zero-order valence-electron chi connectivity index (χ0n) is 19.2. The van der Waals surface area contributed by atoms with Gasteiger partial charge in [0.1, 0.15) is 11.0 Å². The normalized spacial score (nSPS) is 11.1. The van der Waals surface area contributed by atoms with Crippen LogP contribution in [0.2, 0.25) is 5.15 Å². The Kier molecular flexibility index (Phi) is 11.7. The first kappa shape index (κ1) is 26.1. The Morgan fingerprint density at radius 2 is 1.76 bits per heavy atom. The fraction of sp³-hybridized carbons (Fsp3) is 0.320. The number of aromatic nitrogens is 2. The van der Waals surface area contributed by atoms with E-state index in [9.17, 15) is 4.79 Å². The van der Waals surface area contributed by atoms with Gasteiger partial charge < -0.3 is 21.7 Å². The van der Waals surface area contributed by atoms with Gasteiger partial charge in [0.25, 0.3) is 5.91 Å². The number of halogens is 1. The maximum atomic E-state index is 11.9. The summed E-state index contributed by atoms with van der Waals surface area (Å²) in [6, 6.07) is 17.5. The van der Waals surface area contributed by atoms with Crippen LogP contribution in [0.4, 0.5) is 11.5 Å². The van der Waals surface area contributed by atoms with Crippen LogP contribution in [0.5, 0.6) is 0 Å². The number of carbonyl (C=O) groups is 1. The first-order valence-corrected chi connectivity index (χ1v) is 11.5. The SMILES string of the molecule is CCNC(=O)c1cnc(N)c(NCCCNC[C@@H](C)c2ccc(Cl)nc2)c1.c1ccccc1. The van der Waals surface area contributed by atoms with Crippen LogP contribution >= 0.6 is 11.6 Å². The number of nitrogens with one attached hydrogen (secondary N) is 3. The molecule has 2 aromatic heterocycles. The summed E-state index contributed by atoms with van der Waals surface area (Å²) in [5, 5.41) is 9.94. The van der Waals surface area contributed by atoms with E-state index < -0.39 is 0 Å². The van der Waals surface area contributed by atoms with Crippen LogP contribution in [-0.4, -0.2) is 42.1 Å². The second-order valence-electron chi connectivity index (χ2n) is 7.47. The highest BCUT2D eigenvalue weighted by molar-refractivity contribution is 6.29. The minimum atomic E-state index is -0.152. The van der Waals surface area contributed by atoms with Gasteiger partial charge >= 0.3 is 0 Å². The van der Waals surface area contributed by atoms with Gasteiger partial charge in [-0.3, -0.25) is 4.79 Å². The summed E-state index contributed by atoms with van der Waals surface area (Å²) in [6.45, 7) is 7.05. The number of nitrogens with two attached hydrogens (primary N) is 1. The van der Waals surface area contributed by atoms with Crippen molar-refractivity contribution in [3.05, 3.63) is 83.3 Å². The summed E-state index contributed by atoms with van der Waals surface area (Å²) in [7, 11) is 0. The molecule has 0 fully saturated rings. The van der Waals surface area contributed by atoms with Gasteiger partial charge in [0.05, 0.1) is 11.3 Å².